The lowest BCUT2D eigenvalue weighted by atomic mass is 10.2. The highest BCUT2D eigenvalue weighted by atomic mass is 32.1. The molecule has 3 rings (SSSR count). The zero-order valence-corrected chi connectivity index (χ0v) is 12.6. The molecule has 3 aromatic rings. The topological polar surface area (TPSA) is 86.0 Å². The normalized spacial score (nSPS) is 10.8. The van der Waals surface area contributed by atoms with Gasteiger partial charge >= 0.3 is 0 Å². The Morgan fingerprint density at radius 3 is 2.90 bits per heavy atom. The summed E-state index contributed by atoms with van der Waals surface area (Å²) in [4.78, 5) is 14.8. The van der Waals surface area contributed by atoms with Crippen molar-refractivity contribution in [1.29, 1.82) is 0 Å². The minimum absolute atomic E-state index is 0.278. The molecule has 0 amide bonds. The molecule has 3 heterocycles. The molecule has 21 heavy (non-hydrogen) atoms. The standard InChI is InChI=1S/C14H15N5OS/c1-8-5-10-12(18-14(15)19-13(10)21-8)17-7-9-3-4-11(20-2)16-6-9/h3-6H,7H2,1-2H3,(H3,15,17,18,19). The Kier molecular flexibility index (Phi) is 3.57. The van der Waals surface area contributed by atoms with Crippen molar-refractivity contribution < 1.29 is 4.74 Å². The highest BCUT2D eigenvalue weighted by Crippen LogP contribution is 2.29. The third-order valence-electron chi connectivity index (χ3n) is 3.00. The zero-order valence-electron chi connectivity index (χ0n) is 11.8. The molecule has 0 radical (unpaired) electrons. The van der Waals surface area contributed by atoms with Gasteiger partial charge in [0, 0.05) is 23.7 Å². The summed E-state index contributed by atoms with van der Waals surface area (Å²) in [6, 6.07) is 5.85. The van der Waals surface area contributed by atoms with E-state index in [2.05, 4.69) is 26.3 Å². The molecule has 0 bridgehead atoms. The van der Waals surface area contributed by atoms with Gasteiger partial charge in [-0.05, 0) is 18.6 Å². The number of nitrogens with one attached hydrogen (secondary N) is 1. The van der Waals surface area contributed by atoms with Gasteiger partial charge in [0.15, 0.2) is 0 Å². The third-order valence-corrected chi connectivity index (χ3v) is 3.94. The summed E-state index contributed by atoms with van der Waals surface area (Å²) in [5, 5.41) is 4.28. The zero-order chi connectivity index (χ0) is 14.8. The van der Waals surface area contributed by atoms with Gasteiger partial charge in [-0.25, -0.2) is 9.97 Å². The summed E-state index contributed by atoms with van der Waals surface area (Å²) < 4.78 is 5.04. The van der Waals surface area contributed by atoms with Crippen molar-refractivity contribution in [3.8, 4) is 5.88 Å². The fourth-order valence-corrected chi connectivity index (χ4v) is 2.90. The van der Waals surface area contributed by atoms with Crippen molar-refractivity contribution in [1.82, 2.24) is 15.0 Å². The van der Waals surface area contributed by atoms with Gasteiger partial charge in [0.25, 0.3) is 0 Å². The Morgan fingerprint density at radius 2 is 2.19 bits per heavy atom. The molecule has 108 valence electrons. The average molecular weight is 301 g/mol. The van der Waals surface area contributed by atoms with Crippen LogP contribution in [0.4, 0.5) is 11.8 Å². The Balaban J connectivity index is 1.83. The number of thiophene rings is 1. The molecule has 0 atom stereocenters. The number of nitrogens with zero attached hydrogens (tertiary/aromatic N) is 3. The number of rotatable bonds is 4. The Bertz CT molecular complexity index is 769. The first kappa shape index (κ1) is 13.6. The van der Waals surface area contributed by atoms with Crippen LogP contribution in [0.15, 0.2) is 24.4 Å². The number of aromatic nitrogens is 3. The van der Waals surface area contributed by atoms with E-state index in [1.807, 2.05) is 19.1 Å². The molecule has 0 aliphatic rings. The molecule has 6 nitrogen and oxygen atoms in total. The third kappa shape index (κ3) is 2.87. The first-order valence-electron chi connectivity index (χ1n) is 6.42. The molecule has 0 fully saturated rings. The number of hydrogen-bond acceptors (Lipinski definition) is 7. The van der Waals surface area contributed by atoms with E-state index in [0.29, 0.717) is 12.4 Å². The number of ether oxygens (including phenoxy) is 1. The molecule has 0 unspecified atom stereocenters. The Labute approximate surface area is 126 Å². The van der Waals surface area contributed by atoms with Crippen LogP contribution < -0.4 is 15.8 Å². The van der Waals surface area contributed by atoms with Crippen molar-refractivity contribution in [2.45, 2.75) is 13.5 Å². The van der Waals surface area contributed by atoms with Crippen molar-refractivity contribution in [2.75, 3.05) is 18.2 Å². The molecule has 0 saturated carbocycles. The molecule has 7 heteroatoms. The van der Waals surface area contributed by atoms with Gasteiger partial charge in [-0.2, -0.15) is 4.98 Å². The molecule has 3 aromatic heterocycles. The van der Waals surface area contributed by atoms with Crippen LogP contribution in [0.3, 0.4) is 0 Å². The lowest BCUT2D eigenvalue weighted by Crippen LogP contribution is -2.05. The summed E-state index contributed by atoms with van der Waals surface area (Å²) in [5.74, 6) is 1.62. The summed E-state index contributed by atoms with van der Waals surface area (Å²) in [6.07, 6.45) is 1.77. The lowest BCUT2D eigenvalue weighted by molar-refractivity contribution is 0.397. The maximum atomic E-state index is 5.76. The number of anilines is 2. The van der Waals surface area contributed by atoms with E-state index in [4.69, 9.17) is 10.5 Å². The van der Waals surface area contributed by atoms with Gasteiger partial charge < -0.3 is 15.8 Å². The molecule has 0 aromatic carbocycles. The fraction of sp³-hybridized carbons (Fsp3) is 0.214. The monoisotopic (exact) mass is 301 g/mol. The van der Waals surface area contributed by atoms with E-state index >= 15 is 0 Å². The maximum absolute atomic E-state index is 5.76. The number of nitrogen functional groups attached to an aromatic ring is 1. The average Bonchev–Trinajstić information content (AvgIpc) is 2.85. The quantitative estimate of drug-likeness (QED) is 0.770. The number of fused-ring (bicyclic) bond motifs is 1. The van der Waals surface area contributed by atoms with E-state index in [9.17, 15) is 0 Å². The fourth-order valence-electron chi connectivity index (χ4n) is 2.02. The summed E-state index contributed by atoms with van der Waals surface area (Å²) in [6.45, 7) is 2.65. The minimum atomic E-state index is 0.278. The highest BCUT2D eigenvalue weighted by Gasteiger charge is 2.09. The van der Waals surface area contributed by atoms with Crippen molar-refractivity contribution in [2.24, 2.45) is 0 Å². The first-order chi connectivity index (χ1) is 10.2. The van der Waals surface area contributed by atoms with Gasteiger partial charge in [0.1, 0.15) is 10.6 Å². The number of hydrogen-bond donors (Lipinski definition) is 2. The van der Waals surface area contributed by atoms with Crippen LogP contribution in [0.1, 0.15) is 10.4 Å². The maximum Gasteiger partial charge on any atom is 0.223 e. The van der Waals surface area contributed by atoms with Crippen LogP contribution in [0, 0.1) is 6.92 Å². The second-order valence-electron chi connectivity index (χ2n) is 4.57. The largest absolute Gasteiger partial charge is 0.481 e. The van der Waals surface area contributed by atoms with Crippen molar-refractivity contribution in [3.05, 3.63) is 34.8 Å². The molecular weight excluding hydrogens is 286 g/mol. The summed E-state index contributed by atoms with van der Waals surface area (Å²) >= 11 is 1.61. The second kappa shape index (κ2) is 5.53. The summed E-state index contributed by atoms with van der Waals surface area (Å²) in [5.41, 5.74) is 6.79. The first-order valence-corrected chi connectivity index (χ1v) is 7.24. The van der Waals surface area contributed by atoms with Crippen LogP contribution in [0.2, 0.25) is 0 Å². The van der Waals surface area contributed by atoms with E-state index in [-0.39, 0.29) is 5.95 Å². The number of pyridine rings is 1. The second-order valence-corrected chi connectivity index (χ2v) is 5.80. The van der Waals surface area contributed by atoms with E-state index in [0.717, 1.165) is 21.6 Å². The van der Waals surface area contributed by atoms with E-state index in [1.54, 1.807) is 24.6 Å². The lowest BCUT2D eigenvalue weighted by Gasteiger charge is -2.07. The van der Waals surface area contributed by atoms with Gasteiger partial charge in [0.2, 0.25) is 11.8 Å². The van der Waals surface area contributed by atoms with Gasteiger partial charge in [-0.3, -0.25) is 0 Å². The van der Waals surface area contributed by atoms with Gasteiger partial charge in [-0.15, -0.1) is 11.3 Å². The minimum Gasteiger partial charge on any atom is -0.481 e. The predicted molar refractivity (Wildman–Crippen MR) is 84.7 cm³/mol. The molecule has 3 N–H and O–H groups in total. The number of nitrogens with two attached hydrogens (primary N) is 1. The summed E-state index contributed by atoms with van der Waals surface area (Å²) in [7, 11) is 1.60. The molecule has 0 aliphatic heterocycles. The molecule has 0 saturated heterocycles. The van der Waals surface area contributed by atoms with E-state index < -0.39 is 0 Å². The van der Waals surface area contributed by atoms with Crippen LogP contribution in [-0.2, 0) is 6.54 Å². The van der Waals surface area contributed by atoms with Gasteiger partial charge in [0.05, 0.1) is 12.5 Å². The Hall–Kier alpha value is -2.41. The SMILES string of the molecule is COc1ccc(CNc2nc(N)nc3sc(C)cc23)cn1. The number of methoxy groups -OCH3 is 1. The van der Waals surface area contributed by atoms with Crippen molar-refractivity contribution in [3.63, 3.8) is 0 Å². The van der Waals surface area contributed by atoms with Crippen LogP contribution in [0.25, 0.3) is 10.2 Å². The van der Waals surface area contributed by atoms with Crippen LogP contribution in [0.5, 0.6) is 5.88 Å². The smallest absolute Gasteiger partial charge is 0.223 e. The van der Waals surface area contributed by atoms with Crippen molar-refractivity contribution >= 4 is 33.3 Å². The predicted octanol–water partition coefficient (Wildman–Crippen LogP) is 2.60. The van der Waals surface area contributed by atoms with E-state index in [1.165, 1.54) is 4.88 Å². The van der Waals surface area contributed by atoms with Gasteiger partial charge in [-0.1, -0.05) is 6.07 Å². The highest BCUT2D eigenvalue weighted by molar-refractivity contribution is 7.18. The Morgan fingerprint density at radius 1 is 1.33 bits per heavy atom. The van der Waals surface area contributed by atoms with Crippen LogP contribution in [-0.4, -0.2) is 22.1 Å². The number of aryl methyl sites for hydroxylation is 1. The molecule has 0 spiro atoms. The van der Waals surface area contributed by atoms with Crippen LogP contribution >= 0.6 is 11.3 Å². The molecular formula is C14H15N5OS. The molecule has 0 aliphatic carbocycles.